The molecule has 1 aromatic rings. The van der Waals surface area contributed by atoms with Crippen molar-refractivity contribution < 1.29 is 9.53 Å². The number of hydrogen-bond acceptors (Lipinski definition) is 3. The number of nitrogens with zero attached hydrogens (tertiary/aromatic N) is 1. The Morgan fingerprint density at radius 2 is 2.22 bits per heavy atom. The van der Waals surface area contributed by atoms with Crippen molar-refractivity contribution in [1.29, 1.82) is 0 Å². The molecule has 98 valence electrons. The zero-order valence-electron chi connectivity index (χ0n) is 11.2. The monoisotopic (exact) mass is 248 g/mol. The quantitative estimate of drug-likeness (QED) is 0.621. The number of hydrazone groups is 1. The van der Waals surface area contributed by atoms with Gasteiger partial charge in [0.1, 0.15) is 5.75 Å². The summed E-state index contributed by atoms with van der Waals surface area (Å²) in [5.41, 5.74) is 4.03. The van der Waals surface area contributed by atoms with E-state index in [-0.39, 0.29) is 5.91 Å². The van der Waals surface area contributed by atoms with Gasteiger partial charge in [-0.25, -0.2) is 5.43 Å². The van der Waals surface area contributed by atoms with Crippen molar-refractivity contribution >= 4 is 11.6 Å². The Morgan fingerprint density at radius 1 is 1.44 bits per heavy atom. The summed E-state index contributed by atoms with van der Waals surface area (Å²) in [5.74, 6) is 0.444. The number of rotatable bonds is 6. The van der Waals surface area contributed by atoms with Gasteiger partial charge in [-0.2, -0.15) is 5.10 Å². The van der Waals surface area contributed by atoms with E-state index in [1.54, 1.807) is 31.4 Å². The second kappa shape index (κ2) is 7.48. The number of hydrogen-bond donors (Lipinski definition) is 1. The van der Waals surface area contributed by atoms with Gasteiger partial charge < -0.3 is 4.74 Å². The molecule has 0 saturated heterocycles. The minimum Gasteiger partial charge on any atom is -0.497 e. The van der Waals surface area contributed by atoms with Gasteiger partial charge in [-0.05, 0) is 38.0 Å². The number of benzene rings is 1. The predicted molar refractivity (Wildman–Crippen MR) is 73.1 cm³/mol. The fraction of sp³-hybridized carbons (Fsp3) is 0.429. The second-order valence-corrected chi connectivity index (χ2v) is 4.12. The van der Waals surface area contributed by atoms with Gasteiger partial charge >= 0.3 is 0 Å². The number of unbranched alkanes of at least 4 members (excludes halogenated alkanes) is 1. The standard InChI is InChI=1S/C14H20N2O2/c1-4-5-7-11(2)15-16-14(17)12-8-6-9-13(10-12)18-3/h6,8-10H,4-5,7H2,1-3H3,(H,16,17). The molecular weight excluding hydrogens is 228 g/mol. The zero-order valence-corrected chi connectivity index (χ0v) is 11.2. The summed E-state index contributed by atoms with van der Waals surface area (Å²) in [7, 11) is 1.57. The van der Waals surface area contributed by atoms with Crippen molar-refractivity contribution in [3.05, 3.63) is 29.8 Å². The SMILES string of the molecule is CCCCC(C)=NNC(=O)c1cccc(OC)c1. The van der Waals surface area contributed by atoms with Crippen molar-refractivity contribution in [2.45, 2.75) is 33.1 Å². The highest BCUT2D eigenvalue weighted by atomic mass is 16.5. The van der Waals surface area contributed by atoms with Crippen LogP contribution in [0.5, 0.6) is 5.75 Å². The second-order valence-electron chi connectivity index (χ2n) is 4.12. The number of ether oxygens (including phenoxy) is 1. The molecule has 4 heteroatoms. The first-order chi connectivity index (χ1) is 8.67. The molecule has 1 N–H and O–H groups in total. The largest absolute Gasteiger partial charge is 0.497 e. The highest BCUT2D eigenvalue weighted by Crippen LogP contribution is 2.12. The van der Waals surface area contributed by atoms with E-state index in [4.69, 9.17) is 4.74 Å². The van der Waals surface area contributed by atoms with Crippen LogP contribution in [0.1, 0.15) is 43.5 Å². The lowest BCUT2D eigenvalue weighted by Gasteiger charge is -2.04. The average Bonchev–Trinajstić information content (AvgIpc) is 2.42. The number of carbonyl (C=O) groups excluding carboxylic acids is 1. The van der Waals surface area contributed by atoms with Crippen LogP contribution in [0.15, 0.2) is 29.4 Å². The minimum absolute atomic E-state index is 0.218. The highest BCUT2D eigenvalue weighted by molar-refractivity contribution is 5.95. The fourth-order valence-corrected chi connectivity index (χ4v) is 1.46. The lowest BCUT2D eigenvalue weighted by atomic mass is 10.2. The summed E-state index contributed by atoms with van der Waals surface area (Å²) in [4.78, 5) is 11.8. The van der Waals surface area contributed by atoms with Gasteiger partial charge in [0.05, 0.1) is 7.11 Å². The van der Waals surface area contributed by atoms with E-state index in [1.807, 2.05) is 6.92 Å². The van der Waals surface area contributed by atoms with E-state index in [0.29, 0.717) is 11.3 Å². The van der Waals surface area contributed by atoms with E-state index < -0.39 is 0 Å². The summed E-state index contributed by atoms with van der Waals surface area (Å²) in [6, 6.07) is 6.99. The summed E-state index contributed by atoms with van der Waals surface area (Å²) < 4.78 is 5.07. The summed E-state index contributed by atoms with van der Waals surface area (Å²) in [6.45, 7) is 4.05. The van der Waals surface area contributed by atoms with Crippen molar-refractivity contribution in [2.24, 2.45) is 5.10 Å². The van der Waals surface area contributed by atoms with Crippen molar-refractivity contribution in [3.63, 3.8) is 0 Å². The molecule has 0 spiro atoms. The van der Waals surface area contributed by atoms with Gasteiger partial charge in [0.15, 0.2) is 0 Å². The smallest absolute Gasteiger partial charge is 0.271 e. The summed E-state index contributed by atoms with van der Waals surface area (Å²) in [5, 5.41) is 4.07. The molecular formula is C14H20N2O2. The number of nitrogens with one attached hydrogen (secondary N) is 1. The molecule has 0 aliphatic carbocycles. The molecule has 0 fully saturated rings. The summed E-state index contributed by atoms with van der Waals surface area (Å²) >= 11 is 0. The maximum absolute atomic E-state index is 11.8. The summed E-state index contributed by atoms with van der Waals surface area (Å²) in [6.07, 6.45) is 3.12. The van der Waals surface area contributed by atoms with E-state index in [0.717, 1.165) is 25.0 Å². The van der Waals surface area contributed by atoms with Crippen LogP contribution in [0, 0.1) is 0 Å². The van der Waals surface area contributed by atoms with Crippen LogP contribution in [0.2, 0.25) is 0 Å². The number of methoxy groups -OCH3 is 1. The molecule has 18 heavy (non-hydrogen) atoms. The molecule has 0 unspecified atom stereocenters. The topological polar surface area (TPSA) is 50.7 Å². The van der Waals surface area contributed by atoms with Crippen molar-refractivity contribution in [1.82, 2.24) is 5.43 Å². The van der Waals surface area contributed by atoms with Crippen LogP contribution in [0.25, 0.3) is 0 Å². The van der Waals surface area contributed by atoms with Crippen LogP contribution in [0.3, 0.4) is 0 Å². The molecule has 0 atom stereocenters. The zero-order chi connectivity index (χ0) is 13.4. The molecule has 0 radical (unpaired) electrons. The van der Waals surface area contributed by atoms with Gasteiger partial charge in [0.25, 0.3) is 5.91 Å². The third-order valence-electron chi connectivity index (χ3n) is 2.57. The number of amides is 1. The molecule has 1 amide bonds. The molecule has 0 aromatic heterocycles. The van der Waals surface area contributed by atoms with Gasteiger partial charge in [0, 0.05) is 11.3 Å². The first kappa shape index (κ1) is 14.2. The van der Waals surface area contributed by atoms with Crippen LogP contribution >= 0.6 is 0 Å². The lowest BCUT2D eigenvalue weighted by Crippen LogP contribution is -2.19. The van der Waals surface area contributed by atoms with Gasteiger partial charge in [0.2, 0.25) is 0 Å². The first-order valence-electron chi connectivity index (χ1n) is 6.15. The Morgan fingerprint density at radius 3 is 2.89 bits per heavy atom. The van der Waals surface area contributed by atoms with Crippen molar-refractivity contribution in [3.8, 4) is 5.75 Å². The van der Waals surface area contributed by atoms with Crippen molar-refractivity contribution in [2.75, 3.05) is 7.11 Å². The molecule has 0 bridgehead atoms. The van der Waals surface area contributed by atoms with Gasteiger partial charge in [-0.1, -0.05) is 19.4 Å². The molecule has 0 heterocycles. The Bertz CT molecular complexity index is 428. The van der Waals surface area contributed by atoms with E-state index in [1.165, 1.54) is 0 Å². The Balaban J connectivity index is 2.59. The Kier molecular flexibility index (Phi) is 5.91. The normalized spacial score (nSPS) is 11.2. The Hall–Kier alpha value is -1.84. The predicted octanol–water partition coefficient (Wildman–Crippen LogP) is 2.99. The van der Waals surface area contributed by atoms with Gasteiger partial charge in [-0.15, -0.1) is 0 Å². The van der Waals surface area contributed by atoms with E-state index in [2.05, 4.69) is 17.5 Å². The fourth-order valence-electron chi connectivity index (χ4n) is 1.46. The average molecular weight is 248 g/mol. The third-order valence-corrected chi connectivity index (χ3v) is 2.57. The van der Waals surface area contributed by atoms with Gasteiger partial charge in [-0.3, -0.25) is 4.79 Å². The van der Waals surface area contributed by atoms with Crippen LogP contribution in [-0.2, 0) is 0 Å². The van der Waals surface area contributed by atoms with E-state index >= 15 is 0 Å². The molecule has 1 aromatic carbocycles. The molecule has 0 saturated carbocycles. The molecule has 0 aliphatic heterocycles. The lowest BCUT2D eigenvalue weighted by molar-refractivity contribution is 0.0954. The minimum atomic E-state index is -0.218. The highest BCUT2D eigenvalue weighted by Gasteiger charge is 2.05. The van der Waals surface area contributed by atoms with Crippen LogP contribution in [0.4, 0.5) is 0 Å². The molecule has 4 nitrogen and oxygen atoms in total. The molecule has 0 aliphatic rings. The maximum Gasteiger partial charge on any atom is 0.271 e. The molecule has 1 rings (SSSR count). The third kappa shape index (κ3) is 4.57. The van der Waals surface area contributed by atoms with Crippen LogP contribution in [-0.4, -0.2) is 18.7 Å². The number of carbonyl (C=O) groups is 1. The first-order valence-corrected chi connectivity index (χ1v) is 6.15. The maximum atomic E-state index is 11.8. The van der Waals surface area contributed by atoms with E-state index in [9.17, 15) is 4.79 Å². The van der Waals surface area contributed by atoms with Crippen LogP contribution < -0.4 is 10.2 Å². The Labute approximate surface area is 108 Å².